The lowest BCUT2D eigenvalue weighted by Gasteiger charge is -2.16. The molecule has 0 heterocycles. The minimum atomic E-state index is -1.17. The number of carboxylic acids is 1. The molecule has 110 valence electrons. The first-order chi connectivity index (χ1) is 9.35. The lowest BCUT2D eigenvalue weighted by molar-refractivity contribution is -0.404. The molecule has 7 N–H and O–H groups in total. The Balaban J connectivity index is 2.79. The summed E-state index contributed by atoms with van der Waals surface area (Å²) in [6.45, 7) is 1.78. The predicted molar refractivity (Wildman–Crippen MR) is 70.0 cm³/mol. The average Bonchev–Trinajstić information content (AvgIpc) is 2.40. The van der Waals surface area contributed by atoms with Gasteiger partial charge in [0, 0.05) is 12.8 Å². The van der Waals surface area contributed by atoms with Crippen molar-refractivity contribution in [1.29, 1.82) is 0 Å². The van der Waals surface area contributed by atoms with E-state index in [2.05, 4.69) is 11.1 Å². The highest BCUT2D eigenvalue weighted by Crippen LogP contribution is 2.25. The zero-order valence-electron chi connectivity index (χ0n) is 11.2. The summed E-state index contributed by atoms with van der Waals surface area (Å²) < 4.78 is 0. The Morgan fingerprint density at radius 1 is 1.30 bits per heavy atom. The van der Waals surface area contributed by atoms with Crippen LogP contribution in [0.4, 0.5) is 0 Å². The van der Waals surface area contributed by atoms with Gasteiger partial charge in [-0.2, -0.15) is 0 Å². The highest BCUT2D eigenvalue weighted by Gasteiger charge is 2.24. The molecule has 0 radical (unpaired) electrons. The molecule has 0 aliphatic carbocycles. The molecular formula is C13H19N2O5+. The number of carbonyl (C=O) groups excluding carboxylic acids is 1. The third kappa shape index (κ3) is 4.13. The van der Waals surface area contributed by atoms with Crippen LogP contribution in [-0.4, -0.2) is 39.3 Å². The van der Waals surface area contributed by atoms with Crippen molar-refractivity contribution >= 4 is 11.9 Å². The zero-order valence-corrected chi connectivity index (χ0v) is 11.2. The molecular weight excluding hydrogens is 264 g/mol. The molecule has 0 aliphatic heterocycles. The molecule has 0 spiro atoms. The van der Waals surface area contributed by atoms with E-state index in [0.717, 1.165) is 0 Å². The Hall–Kier alpha value is -2.28. The van der Waals surface area contributed by atoms with Crippen LogP contribution in [0.5, 0.6) is 11.5 Å². The van der Waals surface area contributed by atoms with Crippen LogP contribution in [0.3, 0.4) is 0 Å². The van der Waals surface area contributed by atoms with Gasteiger partial charge in [0.1, 0.15) is 6.04 Å². The number of rotatable bonds is 6. The Bertz CT molecular complexity index is 504. The quantitative estimate of drug-likeness (QED) is 0.437. The Morgan fingerprint density at radius 3 is 2.45 bits per heavy atom. The predicted octanol–water partition coefficient (Wildman–Crippen LogP) is -0.770. The molecule has 1 rings (SSSR count). The second kappa shape index (κ2) is 6.76. The molecule has 2 atom stereocenters. The van der Waals surface area contributed by atoms with E-state index in [1.165, 1.54) is 18.2 Å². The van der Waals surface area contributed by atoms with Crippen LogP contribution in [0.15, 0.2) is 18.2 Å². The van der Waals surface area contributed by atoms with E-state index in [-0.39, 0.29) is 17.9 Å². The van der Waals surface area contributed by atoms with Crippen LogP contribution in [0.2, 0.25) is 0 Å². The third-order valence-corrected chi connectivity index (χ3v) is 2.96. The van der Waals surface area contributed by atoms with E-state index in [1.807, 2.05) is 0 Å². The molecule has 0 unspecified atom stereocenters. The largest absolute Gasteiger partial charge is 0.504 e. The summed E-state index contributed by atoms with van der Waals surface area (Å²) >= 11 is 0. The molecule has 7 heteroatoms. The van der Waals surface area contributed by atoms with Crippen LogP contribution < -0.4 is 11.1 Å². The number of phenols is 2. The first kappa shape index (κ1) is 15.8. The molecule has 0 aliphatic rings. The van der Waals surface area contributed by atoms with Gasteiger partial charge in [0.2, 0.25) is 0 Å². The normalized spacial score (nSPS) is 13.5. The number of carbonyl (C=O) groups is 2. The van der Waals surface area contributed by atoms with Gasteiger partial charge in [-0.3, -0.25) is 4.79 Å². The number of aliphatic carboxylic acids is 1. The molecule has 20 heavy (non-hydrogen) atoms. The van der Waals surface area contributed by atoms with Gasteiger partial charge in [-0.05, 0) is 17.7 Å². The Labute approximate surface area is 116 Å². The molecule has 0 fully saturated rings. The fourth-order valence-electron chi connectivity index (χ4n) is 1.61. The van der Waals surface area contributed by atoms with Gasteiger partial charge in [-0.1, -0.05) is 13.0 Å². The number of benzene rings is 1. The highest BCUT2D eigenvalue weighted by molar-refractivity contribution is 5.86. The Morgan fingerprint density at radius 2 is 1.95 bits per heavy atom. The van der Waals surface area contributed by atoms with E-state index in [0.29, 0.717) is 12.0 Å². The van der Waals surface area contributed by atoms with Crippen molar-refractivity contribution in [3.05, 3.63) is 23.8 Å². The van der Waals surface area contributed by atoms with Gasteiger partial charge in [-0.15, -0.1) is 0 Å². The summed E-state index contributed by atoms with van der Waals surface area (Å²) in [6.07, 6.45) is 0.517. The fraction of sp³-hybridized carbons (Fsp3) is 0.385. The minimum absolute atomic E-state index is 0.00531. The van der Waals surface area contributed by atoms with Crippen molar-refractivity contribution in [3.8, 4) is 11.5 Å². The molecule has 0 saturated heterocycles. The van der Waals surface area contributed by atoms with Crippen molar-refractivity contribution in [2.75, 3.05) is 0 Å². The second-order valence-corrected chi connectivity index (χ2v) is 4.53. The minimum Gasteiger partial charge on any atom is -0.504 e. The van der Waals surface area contributed by atoms with Gasteiger partial charge in [0.25, 0.3) is 5.91 Å². The maximum Gasteiger partial charge on any atom is 0.326 e. The van der Waals surface area contributed by atoms with Crippen molar-refractivity contribution < 1.29 is 30.6 Å². The van der Waals surface area contributed by atoms with Gasteiger partial charge in [0.15, 0.2) is 17.5 Å². The molecule has 0 aromatic heterocycles. The number of amides is 1. The molecule has 1 aromatic rings. The number of carboxylic acid groups (broad SMARTS) is 1. The molecule has 0 bridgehead atoms. The maximum atomic E-state index is 11.7. The van der Waals surface area contributed by atoms with Crippen LogP contribution in [0.1, 0.15) is 18.9 Å². The maximum absolute atomic E-state index is 11.7. The van der Waals surface area contributed by atoms with E-state index in [4.69, 9.17) is 5.11 Å². The lowest BCUT2D eigenvalue weighted by atomic mass is 10.0. The van der Waals surface area contributed by atoms with Crippen molar-refractivity contribution in [3.63, 3.8) is 0 Å². The summed E-state index contributed by atoms with van der Waals surface area (Å²) in [5.74, 6) is -2.22. The zero-order chi connectivity index (χ0) is 15.3. The highest BCUT2D eigenvalue weighted by atomic mass is 16.4. The number of hydrogen-bond donors (Lipinski definition) is 5. The first-order valence-electron chi connectivity index (χ1n) is 6.22. The van der Waals surface area contributed by atoms with E-state index in [9.17, 15) is 19.8 Å². The topological polar surface area (TPSA) is 134 Å². The van der Waals surface area contributed by atoms with Crippen LogP contribution >= 0.6 is 0 Å². The van der Waals surface area contributed by atoms with Gasteiger partial charge in [0.05, 0.1) is 0 Å². The summed E-state index contributed by atoms with van der Waals surface area (Å²) in [5.41, 5.74) is 4.11. The smallest absolute Gasteiger partial charge is 0.326 e. The Kier molecular flexibility index (Phi) is 5.33. The summed E-state index contributed by atoms with van der Waals surface area (Å²) in [4.78, 5) is 22.8. The fourth-order valence-corrected chi connectivity index (χ4v) is 1.61. The van der Waals surface area contributed by atoms with Gasteiger partial charge in [-0.25, -0.2) is 4.79 Å². The number of quaternary nitrogens is 1. The lowest BCUT2D eigenvalue weighted by Crippen LogP contribution is -2.68. The summed E-state index contributed by atoms with van der Waals surface area (Å²) in [6, 6.07) is 2.39. The van der Waals surface area contributed by atoms with E-state index in [1.54, 1.807) is 6.92 Å². The molecule has 7 nitrogen and oxygen atoms in total. The molecule has 0 saturated carbocycles. The number of hydrogen-bond acceptors (Lipinski definition) is 4. The van der Waals surface area contributed by atoms with Crippen LogP contribution in [0.25, 0.3) is 0 Å². The van der Waals surface area contributed by atoms with E-state index < -0.39 is 24.0 Å². The monoisotopic (exact) mass is 283 g/mol. The van der Waals surface area contributed by atoms with Crippen molar-refractivity contribution in [1.82, 2.24) is 5.32 Å². The SMILES string of the molecule is CC[C@H]([NH3+])C(=O)N[C@@H](Cc1ccc(O)c(O)c1)C(=O)O. The van der Waals surface area contributed by atoms with Crippen molar-refractivity contribution in [2.24, 2.45) is 0 Å². The van der Waals surface area contributed by atoms with Crippen molar-refractivity contribution in [2.45, 2.75) is 31.8 Å². The van der Waals surface area contributed by atoms with Crippen LogP contribution in [0, 0.1) is 0 Å². The molecule has 1 aromatic carbocycles. The first-order valence-corrected chi connectivity index (χ1v) is 6.22. The van der Waals surface area contributed by atoms with Gasteiger partial charge >= 0.3 is 5.97 Å². The third-order valence-electron chi connectivity index (χ3n) is 2.96. The summed E-state index contributed by atoms with van der Waals surface area (Å²) in [7, 11) is 0. The number of aromatic hydroxyl groups is 2. The second-order valence-electron chi connectivity index (χ2n) is 4.53. The van der Waals surface area contributed by atoms with Crippen LogP contribution in [-0.2, 0) is 16.0 Å². The standard InChI is InChI=1S/C13H18N2O5/c1-2-8(14)12(18)15-9(13(19)20)5-7-3-4-10(16)11(17)6-7/h3-4,6,8-9,16-17H,2,5,14H2,1H3,(H,15,18)(H,19,20)/p+1/t8-,9-/m0/s1. The van der Waals surface area contributed by atoms with E-state index >= 15 is 0 Å². The average molecular weight is 283 g/mol. The summed E-state index contributed by atoms with van der Waals surface area (Å²) in [5, 5.41) is 30.1. The number of nitrogens with one attached hydrogen (secondary N) is 1. The molecule has 1 amide bonds. The van der Waals surface area contributed by atoms with Gasteiger partial charge < -0.3 is 26.4 Å². The number of phenolic OH excluding ortho intramolecular Hbond substituents is 2.